The van der Waals surface area contributed by atoms with Crippen LogP contribution in [0.4, 0.5) is 0 Å². The zero-order chi connectivity index (χ0) is 12.7. The second-order valence-corrected chi connectivity index (χ2v) is 4.60. The second-order valence-electron chi connectivity index (χ2n) is 3.16. The number of amides is 1. The number of aromatic nitrogens is 1. The molecule has 1 unspecified atom stereocenters. The van der Waals surface area contributed by atoms with Crippen LogP contribution in [0.3, 0.4) is 0 Å². The van der Waals surface area contributed by atoms with Crippen LogP contribution in [-0.4, -0.2) is 34.3 Å². The van der Waals surface area contributed by atoms with E-state index in [1.807, 2.05) is 0 Å². The van der Waals surface area contributed by atoms with E-state index in [9.17, 15) is 9.59 Å². The number of carbonyl (C=O) groups excluding carboxylic acids is 1. The van der Waals surface area contributed by atoms with Crippen LogP contribution in [0.15, 0.2) is 18.5 Å². The van der Waals surface area contributed by atoms with Crippen LogP contribution in [0.2, 0.25) is 5.02 Å². The van der Waals surface area contributed by atoms with Crippen molar-refractivity contribution in [1.29, 1.82) is 0 Å². The lowest BCUT2D eigenvalue weighted by molar-refractivity contribution is -0.139. The summed E-state index contributed by atoms with van der Waals surface area (Å²) in [7, 11) is 0. The summed E-state index contributed by atoms with van der Waals surface area (Å²) in [5.74, 6) is -0.191. The Hall–Kier alpha value is -1.27. The van der Waals surface area contributed by atoms with Gasteiger partial charge in [0.05, 0.1) is 5.02 Å². The van der Waals surface area contributed by atoms with Crippen LogP contribution in [-0.2, 0) is 15.3 Å². The third kappa shape index (κ3) is 4.62. The molecule has 0 saturated carbocycles. The molecule has 0 aromatic carbocycles. The molecular weight excluding hydrogens is 264 g/mol. The van der Waals surface area contributed by atoms with Gasteiger partial charge in [-0.25, -0.2) is 4.79 Å². The normalized spacial score (nSPS) is 11.8. The number of thioether (sulfide) groups is 1. The summed E-state index contributed by atoms with van der Waals surface area (Å²) in [6.45, 7) is 0. The Labute approximate surface area is 108 Å². The van der Waals surface area contributed by atoms with E-state index >= 15 is 0 Å². The van der Waals surface area contributed by atoms with Gasteiger partial charge in [0, 0.05) is 23.9 Å². The molecule has 0 aliphatic heterocycles. The van der Waals surface area contributed by atoms with Crippen molar-refractivity contribution in [1.82, 2.24) is 10.3 Å². The largest absolute Gasteiger partial charge is 0.480 e. The maximum absolute atomic E-state index is 10.7. The predicted molar refractivity (Wildman–Crippen MR) is 66.0 cm³/mol. The quantitative estimate of drug-likeness (QED) is 0.730. The zero-order valence-corrected chi connectivity index (χ0v) is 10.4. The van der Waals surface area contributed by atoms with Crippen molar-refractivity contribution in [2.75, 3.05) is 5.75 Å². The topological polar surface area (TPSA) is 79.3 Å². The molecule has 1 aromatic rings. The summed E-state index contributed by atoms with van der Waals surface area (Å²) in [4.78, 5) is 24.8. The van der Waals surface area contributed by atoms with Crippen LogP contribution in [0.5, 0.6) is 0 Å². The Bertz CT molecular complexity index is 403. The third-order valence-electron chi connectivity index (χ3n) is 1.97. The van der Waals surface area contributed by atoms with Gasteiger partial charge in [0.1, 0.15) is 6.04 Å². The third-order valence-corrected chi connectivity index (χ3v) is 3.39. The van der Waals surface area contributed by atoms with Crippen LogP contribution < -0.4 is 5.32 Å². The summed E-state index contributed by atoms with van der Waals surface area (Å²) in [6, 6.07) is 0.899. The number of pyridine rings is 1. The standard InChI is InChI=1S/C10H11ClN2O3S/c11-8-3-12-2-1-7(8)4-17-5-9(10(15)16)13-6-14/h1-3,6,9H,4-5H2,(H,13,14)(H,15,16). The summed E-state index contributed by atoms with van der Waals surface area (Å²) in [5.41, 5.74) is 0.891. The molecule has 1 rings (SSSR count). The highest BCUT2D eigenvalue weighted by molar-refractivity contribution is 7.98. The molecule has 0 fully saturated rings. The van der Waals surface area contributed by atoms with Crippen LogP contribution in [0, 0.1) is 0 Å². The summed E-state index contributed by atoms with van der Waals surface area (Å²) in [6.07, 6.45) is 3.55. The van der Waals surface area contributed by atoms with Gasteiger partial charge >= 0.3 is 5.97 Å². The SMILES string of the molecule is O=CNC(CSCc1ccncc1Cl)C(=O)O. The fraction of sp³-hybridized carbons (Fsp3) is 0.300. The average molecular weight is 275 g/mol. The van der Waals surface area contributed by atoms with Crippen molar-refractivity contribution in [3.05, 3.63) is 29.0 Å². The molecule has 5 nitrogen and oxygen atoms in total. The van der Waals surface area contributed by atoms with Gasteiger partial charge in [0.15, 0.2) is 0 Å². The van der Waals surface area contributed by atoms with Crippen LogP contribution in [0.25, 0.3) is 0 Å². The number of carboxylic acids is 1. The summed E-state index contributed by atoms with van der Waals surface area (Å²) >= 11 is 7.28. The number of nitrogens with zero attached hydrogens (tertiary/aromatic N) is 1. The van der Waals surface area contributed by atoms with Crippen molar-refractivity contribution in [2.24, 2.45) is 0 Å². The van der Waals surface area contributed by atoms with Gasteiger partial charge in [0.25, 0.3) is 0 Å². The molecule has 0 aliphatic carbocycles. The molecule has 92 valence electrons. The molecule has 1 amide bonds. The van der Waals surface area contributed by atoms with E-state index in [0.29, 0.717) is 17.2 Å². The molecule has 0 radical (unpaired) electrons. The number of rotatable bonds is 7. The van der Waals surface area contributed by atoms with Crippen molar-refractivity contribution in [2.45, 2.75) is 11.8 Å². The van der Waals surface area contributed by atoms with E-state index in [1.54, 1.807) is 12.3 Å². The number of aliphatic carboxylic acids is 1. The number of halogens is 1. The van der Waals surface area contributed by atoms with E-state index in [1.165, 1.54) is 18.0 Å². The second kappa shape index (κ2) is 7.13. The molecule has 2 N–H and O–H groups in total. The molecule has 0 saturated heterocycles. The first kappa shape index (κ1) is 13.8. The van der Waals surface area contributed by atoms with Crippen molar-refractivity contribution < 1.29 is 14.7 Å². The number of carbonyl (C=O) groups is 2. The molecule has 7 heteroatoms. The van der Waals surface area contributed by atoms with E-state index in [-0.39, 0.29) is 5.75 Å². The maximum atomic E-state index is 10.7. The molecule has 1 heterocycles. The number of nitrogens with one attached hydrogen (secondary N) is 1. The molecule has 0 spiro atoms. The fourth-order valence-electron chi connectivity index (χ4n) is 1.08. The minimum Gasteiger partial charge on any atom is -0.480 e. The average Bonchev–Trinajstić information content (AvgIpc) is 2.30. The van der Waals surface area contributed by atoms with Gasteiger partial charge in [-0.15, -0.1) is 0 Å². The highest BCUT2D eigenvalue weighted by Gasteiger charge is 2.15. The Morgan fingerprint density at radius 2 is 2.47 bits per heavy atom. The molecule has 17 heavy (non-hydrogen) atoms. The first-order valence-corrected chi connectivity index (χ1v) is 6.27. The summed E-state index contributed by atoms with van der Waals surface area (Å²) < 4.78 is 0. The van der Waals surface area contributed by atoms with E-state index in [2.05, 4.69) is 10.3 Å². The van der Waals surface area contributed by atoms with Crippen LogP contribution in [0.1, 0.15) is 5.56 Å². The van der Waals surface area contributed by atoms with E-state index in [0.717, 1.165) is 5.56 Å². The monoisotopic (exact) mass is 274 g/mol. The lowest BCUT2D eigenvalue weighted by Gasteiger charge is -2.10. The van der Waals surface area contributed by atoms with Gasteiger partial charge in [-0.1, -0.05) is 11.6 Å². The smallest absolute Gasteiger partial charge is 0.327 e. The van der Waals surface area contributed by atoms with Gasteiger partial charge < -0.3 is 10.4 Å². The number of hydrogen-bond donors (Lipinski definition) is 2. The minimum absolute atomic E-state index is 0.284. The van der Waals surface area contributed by atoms with Crippen molar-refractivity contribution in [3.63, 3.8) is 0 Å². The van der Waals surface area contributed by atoms with E-state index in [4.69, 9.17) is 16.7 Å². The predicted octanol–water partition coefficient (Wildman–Crippen LogP) is 1.17. The first-order chi connectivity index (χ1) is 8.15. The summed E-state index contributed by atoms with van der Waals surface area (Å²) in [5, 5.41) is 11.6. The van der Waals surface area contributed by atoms with Crippen molar-refractivity contribution >= 4 is 35.7 Å². The molecule has 0 bridgehead atoms. The van der Waals surface area contributed by atoms with Gasteiger partial charge in [-0.2, -0.15) is 11.8 Å². The van der Waals surface area contributed by atoms with Gasteiger partial charge in [-0.05, 0) is 11.6 Å². The van der Waals surface area contributed by atoms with Crippen LogP contribution >= 0.6 is 23.4 Å². The lowest BCUT2D eigenvalue weighted by Crippen LogP contribution is -2.37. The first-order valence-electron chi connectivity index (χ1n) is 4.73. The Kier molecular flexibility index (Phi) is 5.79. The number of carboxylic acid groups (broad SMARTS) is 1. The Morgan fingerprint density at radius 3 is 3.06 bits per heavy atom. The Morgan fingerprint density at radius 1 is 1.71 bits per heavy atom. The molecular formula is C10H11ClN2O3S. The fourth-order valence-corrected chi connectivity index (χ4v) is 2.41. The van der Waals surface area contributed by atoms with E-state index < -0.39 is 12.0 Å². The minimum atomic E-state index is -1.05. The number of hydrogen-bond acceptors (Lipinski definition) is 4. The molecule has 1 atom stereocenters. The Balaban J connectivity index is 2.43. The van der Waals surface area contributed by atoms with Gasteiger partial charge in [0.2, 0.25) is 6.41 Å². The molecule has 1 aromatic heterocycles. The molecule has 0 aliphatic rings. The lowest BCUT2D eigenvalue weighted by atomic mass is 10.3. The highest BCUT2D eigenvalue weighted by Crippen LogP contribution is 2.20. The highest BCUT2D eigenvalue weighted by atomic mass is 35.5. The van der Waals surface area contributed by atoms with Crippen molar-refractivity contribution in [3.8, 4) is 0 Å². The van der Waals surface area contributed by atoms with Gasteiger partial charge in [-0.3, -0.25) is 9.78 Å². The maximum Gasteiger partial charge on any atom is 0.327 e. The zero-order valence-electron chi connectivity index (χ0n) is 8.80.